The Morgan fingerprint density at radius 3 is 2.71 bits per heavy atom. The Hall–Kier alpha value is -2.42. The number of carbonyl (C=O) groups excluding carboxylic acids is 1. The fourth-order valence-electron chi connectivity index (χ4n) is 2.88. The lowest BCUT2D eigenvalue weighted by molar-refractivity contribution is -0.121. The third-order valence-corrected chi connectivity index (χ3v) is 5.83. The molecule has 1 saturated heterocycles. The molecule has 1 aliphatic heterocycles. The molecule has 2 aromatic rings. The number of ether oxygens (including phenoxy) is 1. The number of nitrogens with one attached hydrogen (secondary N) is 1. The summed E-state index contributed by atoms with van der Waals surface area (Å²) in [5.41, 5.74) is 0.756. The van der Waals surface area contributed by atoms with E-state index in [0.717, 1.165) is 28.1 Å². The van der Waals surface area contributed by atoms with Gasteiger partial charge in [0.1, 0.15) is 5.76 Å². The van der Waals surface area contributed by atoms with Crippen LogP contribution in [-0.2, 0) is 26.1 Å². The van der Waals surface area contributed by atoms with Crippen LogP contribution >= 0.6 is 0 Å². The third kappa shape index (κ3) is 6.05. The molecule has 0 spiro atoms. The maximum Gasteiger partial charge on any atom is 0.237 e. The number of rotatable bonds is 9. The van der Waals surface area contributed by atoms with Crippen molar-refractivity contribution in [2.75, 3.05) is 19.7 Å². The van der Waals surface area contributed by atoms with Crippen molar-refractivity contribution in [3.05, 3.63) is 65.5 Å². The molecule has 1 aromatic carbocycles. The predicted molar refractivity (Wildman–Crippen MR) is 105 cm³/mol. The van der Waals surface area contributed by atoms with Crippen LogP contribution in [0.5, 0.6) is 0 Å². The van der Waals surface area contributed by atoms with Crippen molar-refractivity contribution in [2.45, 2.75) is 25.5 Å². The van der Waals surface area contributed by atoms with Gasteiger partial charge in [-0.25, -0.2) is 8.42 Å². The largest absolute Gasteiger partial charge is 0.468 e. The van der Waals surface area contributed by atoms with Crippen molar-refractivity contribution in [1.82, 2.24) is 9.62 Å². The number of benzene rings is 1. The van der Waals surface area contributed by atoms with E-state index in [4.69, 9.17) is 9.15 Å². The molecule has 2 heterocycles. The van der Waals surface area contributed by atoms with Crippen LogP contribution in [0.4, 0.5) is 0 Å². The zero-order chi connectivity index (χ0) is 19.8. The van der Waals surface area contributed by atoms with E-state index in [1.54, 1.807) is 24.3 Å². The summed E-state index contributed by atoms with van der Waals surface area (Å²) in [5.74, 6) is 0.0855. The number of carbonyl (C=O) groups is 1. The summed E-state index contributed by atoms with van der Waals surface area (Å²) in [4.78, 5) is 12.3. The molecule has 0 aliphatic carbocycles. The molecular weight excluding hydrogens is 380 g/mol. The molecule has 8 heteroatoms. The summed E-state index contributed by atoms with van der Waals surface area (Å²) < 4.78 is 37.5. The zero-order valence-electron chi connectivity index (χ0n) is 15.5. The Labute approximate surface area is 165 Å². The Balaban J connectivity index is 1.68. The summed E-state index contributed by atoms with van der Waals surface area (Å²) in [6.07, 6.45) is 4.85. The molecule has 3 rings (SSSR count). The number of furan rings is 1. The van der Waals surface area contributed by atoms with Crippen molar-refractivity contribution in [2.24, 2.45) is 0 Å². The van der Waals surface area contributed by atoms with Gasteiger partial charge in [0.2, 0.25) is 15.9 Å². The first-order valence-corrected chi connectivity index (χ1v) is 10.7. The number of sulfonamides is 1. The van der Waals surface area contributed by atoms with Gasteiger partial charge in [0, 0.05) is 18.6 Å². The fraction of sp³-hybridized carbons (Fsp3) is 0.350. The normalized spacial score (nSPS) is 17.4. The third-order valence-electron chi connectivity index (χ3n) is 4.38. The monoisotopic (exact) mass is 404 g/mol. The highest BCUT2D eigenvalue weighted by molar-refractivity contribution is 7.92. The second-order valence-electron chi connectivity index (χ2n) is 6.54. The van der Waals surface area contributed by atoms with Gasteiger partial charge in [-0.15, -0.1) is 0 Å². The highest BCUT2D eigenvalue weighted by Crippen LogP contribution is 2.14. The van der Waals surface area contributed by atoms with E-state index >= 15 is 0 Å². The lowest BCUT2D eigenvalue weighted by Crippen LogP contribution is -2.41. The van der Waals surface area contributed by atoms with Crippen LogP contribution in [0.3, 0.4) is 0 Å². The minimum Gasteiger partial charge on any atom is -0.468 e. The smallest absolute Gasteiger partial charge is 0.237 e. The summed E-state index contributed by atoms with van der Waals surface area (Å²) in [5, 5.41) is 3.87. The van der Waals surface area contributed by atoms with Crippen LogP contribution in [0, 0.1) is 0 Å². The van der Waals surface area contributed by atoms with Crippen LogP contribution in [0.1, 0.15) is 24.2 Å². The van der Waals surface area contributed by atoms with E-state index in [9.17, 15) is 13.2 Å². The summed E-state index contributed by atoms with van der Waals surface area (Å²) in [6, 6.07) is 12.5. The van der Waals surface area contributed by atoms with E-state index in [-0.39, 0.29) is 25.1 Å². The van der Waals surface area contributed by atoms with Crippen molar-refractivity contribution in [1.29, 1.82) is 0 Å². The Morgan fingerprint density at radius 1 is 1.21 bits per heavy atom. The van der Waals surface area contributed by atoms with Crippen molar-refractivity contribution in [3.8, 4) is 0 Å². The summed E-state index contributed by atoms with van der Waals surface area (Å²) in [6.45, 7) is 0.758. The van der Waals surface area contributed by atoms with Crippen molar-refractivity contribution >= 4 is 22.0 Å². The van der Waals surface area contributed by atoms with E-state index < -0.39 is 10.0 Å². The average Bonchev–Trinajstić information content (AvgIpc) is 3.39. The quantitative estimate of drug-likeness (QED) is 0.693. The van der Waals surface area contributed by atoms with E-state index in [1.165, 1.54) is 12.3 Å². The van der Waals surface area contributed by atoms with E-state index in [2.05, 4.69) is 5.32 Å². The Kier molecular flexibility index (Phi) is 7.02. The van der Waals surface area contributed by atoms with Crippen LogP contribution in [0.25, 0.3) is 6.08 Å². The standard InChI is InChI=1S/C20H24N2O5S/c23-20(21-14-18-8-4-11-26-18)16-22(15-19-9-5-12-27-19)28(24,25)13-10-17-6-2-1-3-7-17/h1-3,5-7,9-10,12-13,18H,4,8,11,14-16H2,(H,21,23). The Bertz CT molecular complexity index is 873. The topological polar surface area (TPSA) is 88.9 Å². The first-order valence-electron chi connectivity index (χ1n) is 9.17. The van der Waals surface area contributed by atoms with E-state index in [1.807, 2.05) is 18.2 Å². The van der Waals surface area contributed by atoms with Gasteiger partial charge in [0.15, 0.2) is 0 Å². The summed E-state index contributed by atoms with van der Waals surface area (Å²) >= 11 is 0. The van der Waals surface area contributed by atoms with Crippen molar-refractivity contribution < 1.29 is 22.4 Å². The van der Waals surface area contributed by atoms with Gasteiger partial charge in [-0.3, -0.25) is 4.79 Å². The molecule has 28 heavy (non-hydrogen) atoms. The molecule has 1 aromatic heterocycles. The molecule has 0 radical (unpaired) electrons. The van der Waals surface area contributed by atoms with Gasteiger partial charge in [-0.1, -0.05) is 30.3 Å². The highest BCUT2D eigenvalue weighted by Gasteiger charge is 2.24. The maximum absolute atomic E-state index is 12.8. The lowest BCUT2D eigenvalue weighted by atomic mass is 10.2. The number of amides is 1. The van der Waals surface area contributed by atoms with Gasteiger partial charge in [0.05, 0.1) is 25.5 Å². The van der Waals surface area contributed by atoms with Crippen molar-refractivity contribution in [3.63, 3.8) is 0 Å². The highest BCUT2D eigenvalue weighted by atomic mass is 32.2. The molecule has 1 N–H and O–H groups in total. The molecule has 1 fully saturated rings. The van der Waals surface area contributed by atoms with Gasteiger partial charge in [-0.05, 0) is 36.6 Å². The first kappa shape index (κ1) is 20.3. The number of nitrogens with zero attached hydrogens (tertiary/aromatic N) is 1. The average molecular weight is 404 g/mol. The summed E-state index contributed by atoms with van der Waals surface area (Å²) in [7, 11) is -3.83. The number of hydrogen-bond donors (Lipinski definition) is 1. The zero-order valence-corrected chi connectivity index (χ0v) is 16.3. The molecule has 1 unspecified atom stereocenters. The molecule has 1 amide bonds. The minimum absolute atomic E-state index is 0.00272. The maximum atomic E-state index is 12.8. The first-order chi connectivity index (χ1) is 13.5. The SMILES string of the molecule is O=C(CN(Cc1ccco1)S(=O)(=O)C=Cc1ccccc1)NCC1CCCO1. The van der Waals surface area contributed by atoms with E-state index in [0.29, 0.717) is 18.9 Å². The van der Waals surface area contributed by atoms with Gasteiger partial charge >= 0.3 is 0 Å². The van der Waals surface area contributed by atoms with Gasteiger partial charge in [0.25, 0.3) is 0 Å². The fourth-order valence-corrected chi connectivity index (χ4v) is 3.98. The van der Waals surface area contributed by atoms with Crippen LogP contribution in [-0.4, -0.2) is 44.4 Å². The molecule has 1 aliphatic rings. The number of hydrogen-bond acceptors (Lipinski definition) is 5. The predicted octanol–water partition coefficient (Wildman–Crippen LogP) is 2.38. The Morgan fingerprint density at radius 2 is 2.04 bits per heavy atom. The molecule has 0 bridgehead atoms. The molecule has 1 atom stereocenters. The minimum atomic E-state index is -3.83. The second-order valence-corrected chi connectivity index (χ2v) is 8.36. The molecule has 7 nitrogen and oxygen atoms in total. The second kappa shape index (κ2) is 9.68. The van der Waals surface area contributed by atoms with Gasteiger partial charge in [-0.2, -0.15) is 4.31 Å². The van der Waals surface area contributed by atoms with Crippen LogP contribution in [0.2, 0.25) is 0 Å². The molecule has 0 saturated carbocycles. The molecule has 150 valence electrons. The lowest BCUT2D eigenvalue weighted by Gasteiger charge is -2.19. The van der Waals surface area contributed by atoms with Gasteiger partial charge < -0.3 is 14.5 Å². The molecular formula is C20H24N2O5S. The van der Waals surface area contributed by atoms with Crippen LogP contribution < -0.4 is 5.32 Å². The van der Waals surface area contributed by atoms with Crippen LogP contribution in [0.15, 0.2) is 58.6 Å².